The van der Waals surface area contributed by atoms with E-state index in [1.165, 1.54) is 6.07 Å². The highest BCUT2D eigenvalue weighted by atomic mass is 19.1. The van der Waals surface area contributed by atoms with E-state index in [1.807, 2.05) is 0 Å². The monoisotopic (exact) mass is 246 g/mol. The van der Waals surface area contributed by atoms with Crippen LogP contribution in [0.5, 0.6) is 0 Å². The van der Waals surface area contributed by atoms with E-state index in [1.54, 1.807) is 17.0 Å². The van der Waals surface area contributed by atoms with Crippen LogP contribution < -0.4 is 10.6 Å². The maximum Gasteiger partial charge on any atom is 0.226 e. The van der Waals surface area contributed by atoms with Gasteiger partial charge in [-0.15, -0.1) is 0 Å². The highest BCUT2D eigenvalue weighted by Gasteiger charge is 2.20. The summed E-state index contributed by atoms with van der Waals surface area (Å²) in [6.07, 6.45) is 2.41. The predicted molar refractivity (Wildman–Crippen MR) is 68.5 cm³/mol. The lowest BCUT2D eigenvalue weighted by atomic mass is 10.1. The van der Waals surface area contributed by atoms with Crippen molar-refractivity contribution in [3.63, 3.8) is 0 Å². The summed E-state index contributed by atoms with van der Waals surface area (Å²) in [5.74, 6) is 4.92. The summed E-state index contributed by atoms with van der Waals surface area (Å²) in [4.78, 5) is 13.4. The summed E-state index contributed by atoms with van der Waals surface area (Å²) in [6, 6.07) is 4.69. The molecular formula is C14H15FN2O. The van der Waals surface area contributed by atoms with Crippen molar-refractivity contribution in [2.24, 2.45) is 5.73 Å². The third kappa shape index (κ3) is 2.69. The van der Waals surface area contributed by atoms with Gasteiger partial charge in [0.15, 0.2) is 0 Å². The number of rotatable bonds is 1. The number of hydrogen-bond acceptors (Lipinski definition) is 2. The predicted octanol–water partition coefficient (Wildman–Crippen LogP) is 1.65. The number of carbonyl (C=O) groups is 1. The smallest absolute Gasteiger partial charge is 0.226 e. The molecule has 4 heteroatoms. The second-order valence-electron chi connectivity index (χ2n) is 4.17. The summed E-state index contributed by atoms with van der Waals surface area (Å²) >= 11 is 0. The number of amides is 1. The van der Waals surface area contributed by atoms with Crippen molar-refractivity contribution in [1.82, 2.24) is 0 Å². The molecule has 3 nitrogen and oxygen atoms in total. The number of hydrogen-bond donors (Lipinski definition) is 1. The first-order chi connectivity index (χ1) is 8.72. The van der Waals surface area contributed by atoms with Crippen LogP contribution in [0, 0.1) is 17.7 Å². The van der Waals surface area contributed by atoms with Gasteiger partial charge in [0.05, 0.1) is 12.1 Å². The molecule has 1 saturated heterocycles. The second kappa shape index (κ2) is 5.65. The van der Waals surface area contributed by atoms with Crippen LogP contribution in [0.2, 0.25) is 0 Å². The zero-order chi connectivity index (χ0) is 13.0. The molecule has 0 aliphatic carbocycles. The van der Waals surface area contributed by atoms with E-state index < -0.39 is 5.82 Å². The van der Waals surface area contributed by atoms with Crippen molar-refractivity contribution in [2.75, 3.05) is 18.0 Å². The third-order valence-corrected chi connectivity index (χ3v) is 2.91. The molecule has 2 N–H and O–H groups in total. The lowest BCUT2D eigenvalue weighted by Crippen LogP contribution is -2.35. The van der Waals surface area contributed by atoms with Crippen molar-refractivity contribution in [3.05, 3.63) is 29.6 Å². The van der Waals surface area contributed by atoms with Crippen LogP contribution in [0.4, 0.5) is 10.1 Å². The van der Waals surface area contributed by atoms with Gasteiger partial charge in [-0.25, -0.2) is 4.39 Å². The van der Waals surface area contributed by atoms with Crippen molar-refractivity contribution in [3.8, 4) is 11.8 Å². The van der Waals surface area contributed by atoms with Gasteiger partial charge < -0.3 is 10.6 Å². The van der Waals surface area contributed by atoms with Crippen LogP contribution >= 0.6 is 0 Å². The minimum absolute atomic E-state index is 0.0569. The summed E-state index contributed by atoms with van der Waals surface area (Å²) in [7, 11) is 0. The molecule has 1 aromatic carbocycles. The topological polar surface area (TPSA) is 46.3 Å². The lowest BCUT2D eigenvalue weighted by Gasteiger charge is -2.26. The normalized spacial score (nSPS) is 15.2. The Morgan fingerprint density at radius 3 is 2.89 bits per heavy atom. The lowest BCUT2D eigenvalue weighted by molar-refractivity contribution is -0.119. The van der Waals surface area contributed by atoms with Gasteiger partial charge >= 0.3 is 0 Å². The minimum atomic E-state index is -0.410. The molecule has 0 saturated carbocycles. The van der Waals surface area contributed by atoms with E-state index >= 15 is 0 Å². The molecule has 0 atom stereocenters. The molecule has 0 spiro atoms. The van der Waals surface area contributed by atoms with E-state index in [-0.39, 0.29) is 12.5 Å². The molecular weight excluding hydrogens is 231 g/mol. The molecule has 2 rings (SSSR count). The minimum Gasteiger partial charge on any atom is -0.320 e. The van der Waals surface area contributed by atoms with Gasteiger partial charge in [0.25, 0.3) is 0 Å². The van der Waals surface area contributed by atoms with Gasteiger partial charge in [0.1, 0.15) is 5.82 Å². The van der Waals surface area contributed by atoms with Crippen LogP contribution in [0.3, 0.4) is 0 Å². The number of nitrogens with two attached hydrogens (primary N) is 1. The first-order valence-corrected chi connectivity index (χ1v) is 6.01. The average molecular weight is 246 g/mol. The summed E-state index contributed by atoms with van der Waals surface area (Å²) in [6.45, 7) is 0.859. The molecule has 94 valence electrons. The Morgan fingerprint density at radius 2 is 2.22 bits per heavy atom. The van der Waals surface area contributed by atoms with E-state index in [2.05, 4.69) is 11.8 Å². The van der Waals surface area contributed by atoms with E-state index in [0.717, 1.165) is 12.8 Å². The molecule has 18 heavy (non-hydrogen) atoms. The quantitative estimate of drug-likeness (QED) is 0.766. The fraction of sp³-hybridized carbons (Fsp3) is 0.357. The third-order valence-electron chi connectivity index (χ3n) is 2.91. The zero-order valence-corrected chi connectivity index (χ0v) is 10.1. The maximum absolute atomic E-state index is 13.8. The first-order valence-electron chi connectivity index (χ1n) is 6.01. The van der Waals surface area contributed by atoms with Gasteiger partial charge in [0, 0.05) is 18.7 Å². The molecule has 0 unspecified atom stereocenters. The number of piperidine rings is 1. The molecule has 1 aliphatic heterocycles. The number of nitrogens with zero attached hydrogens (tertiary/aromatic N) is 1. The number of halogens is 1. The molecule has 0 aromatic heterocycles. The van der Waals surface area contributed by atoms with Crippen molar-refractivity contribution in [2.45, 2.75) is 19.3 Å². The largest absolute Gasteiger partial charge is 0.320 e. The Kier molecular flexibility index (Phi) is 3.96. The molecule has 1 aliphatic rings. The molecule has 0 bridgehead atoms. The number of anilines is 1. The second-order valence-corrected chi connectivity index (χ2v) is 4.17. The first kappa shape index (κ1) is 12.6. The average Bonchev–Trinajstić information content (AvgIpc) is 2.38. The SMILES string of the molecule is NCC#Cc1ccc(N2CCCCC2=O)cc1F. The molecule has 1 amide bonds. The van der Waals surface area contributed by atoms with E-state index in [9.17, 15) is 9.18 Å². The van der Waals surface area contributed by atoms with Crippen molar-refractivity contribution >= 4 is 11.6 Å². The molecule has 1 heterocycles. The summed E-state index contributed by atoms with van der Waals surface area (Å²) < 4.78 is 13.8. The number of carbonyl (C=O) groups excluding carboxylic acids is 1. The highest BCUT2D eigenvalue weighted by molar-refractivity contribution is 5.94. The summed E-state index contributed by atoms with van der Waals surface area (Å²) in [5, 5.41) is 0. The maximum atomic E-state index is 13.8. The molecule has 0 radical (unpaired) electrons. The van der Waals surface area contributed by atoms with E-state index in [0.29, 0.717) is 24.2 Å². The number of benzene rings is 1. The van der Waals surface area contributed by atoms with Gasteiger partial charge in [-0.1, -0.05) is 11.8 Å². The van der Waals surface area contributed by atoms with Gasteiger partial charge in [-0.3, -0.25) is 4.79 Å². The van der Waals surface area contributed by atoms with Gasteiger partial charge in [-0.05, 0) is 31.0 Å². The Bertz CT molecular complexity index is 516. The highest BCUT2D eigenvalue weighted by Crippen LogP contribution is 2.22. The standard InChI is InChI=1S/C14H15FN2O/c15-13-10-12(7-6-11(13)4-3-8-16)17-9-2-1-5-14(17)18/h6-7,10H,1-2,5,8-9,16H2. The van der Waals surface area contributed by atoms with Crippen molar-refractivity contribution < 1.29 is 9.18 Å². The zero-order valence-electron chi connectivity index (χ0n) is 10.1. The van der Waals surface area contributed by atoms with Gasteiger partial charge in [0.2, 0.25) is 5.91 Å². The summed E-state index contributed by atoms with van der Waals surface area (Å²) in [5.41, 5.74) is 6.16. The fourth-order valence-corrected chi connectivity index (χ4v) is 2.00. The van der Waals surface area contributed by atoms with Gasteiger partial charge in [-0.2, -0.15) is 0 Å². The molecule has 1 fully saturated rings. The van der Waals surface area contributed by atoms with Crippen LogP contribution in [-0.2, 0) is 4.79 Å². The Hall–Kier alpha value is -1.86. The van der Waals surface area contributed by atoms with Crippen LogP contribution in [0.15, 0.2) is 18.2 Å². The van der Waals surface area contributed by atoms with Crippen LogP contribution in [0.1, 0.15) is 24.8 Å². The van der Waals surface area contributed by atoms with Crippen LogP contribution in [-0.4, -0.2) is 19.0 Å². The van der Waals surface area contributed by atoms with Crippen molar-refractivity contribution in [1.29, 1.82) is 0 Å². The van der Waals surface area contributed by atoms with Crippen LogP contribution in [0.25, 0.3) is 0 Å². The Morgan fingerprint density at radius 1 is 1.39 bits per heavy atom. The van der Waals surface area contributed by atoms with E-state index in [4.69, 9.17) is 5.73 Å². The Balaban J connectivity index is 2.25. The Labute approximate surface area is 106 Å². The fourth-order valence-electron chi connectivity index (χ4n) is 2.00. The molecule has 1 aromatic rings.